The van der Waals surface area contributed by atoms with Crippen LogP contribution in [0.4, 0.5) is 0 Å². The third-order valence-corrected chi connectivity index (χ3v) is 4.00. The molecule has 0 aliphatic heterocycles. The van der Waals surface area contributed by atoms with Gasteiger partial charge in [0.2, 0.25) is 0 Å². The molecule has 0 saturated carbocycles. The summed E-state index contributed by atoms with van der Waals surface area (Å²) in [5.41, 5.74) is 0. The quantitative estimate of drug-likeness (QED) is 0.736. The van der Waals surface area contributed by atoms with Crippen LogP contribution in [0.2, 0.25) is 0 Å². The van der Waals surface area contributed by atoms with E-state index >= 15 is 0 Å². The molecular formula is C7H11ClN2O4S2. The number of aromatic nitrogens is 2. The summed E-state index contributed by atoms with van der Waals surface area (Å²) in [5.74, 6) is 0.328. The number of halogens is 1. The molecule has 0 radical (unpaired) electrons. The highest BCUT2D eigenvalue weighted by Gasteiger charge is 2.16. The number of hydrogen-bond donors (Lipinski definition) is 0. The molecule has 0 fully saturated rings. The van der Waals surface area contributed by atoms with Crippen molar-refractivity contribution in [1.82, 2.24) is 9.55 Å². The van der Waals surface area contributed by atoms with Crippen molar-refractivity contribution < 1.29 is 16.8 Å². The summed E-state index contributed by atoms with van der Waals surface area (Å²) in [6, 6.07) is 0. The molecule has 0 spiro atoms. The summed E-state index contributed by atoms with van der Waals surface area (Å²) >= 11 is 0. The zero-order valence-electron chi connectivity index (χ0n) is 8.71. The van der Waals surface area contributed by atoms with Crippen LogP contribution in [0.5, 0.6) is 0 Å². The van der Waals surface area contributed by atoms with E-state index < -0.39 is 18.9 Å². The molecule has 0 aromatic carbocycles. The van der Waals surface area contributed by atoms with Crippen LogP contribution in [0.3, 0.4) is 0 Å². The van der Waals surface area contributed by atoms with Gasteiger partial charge in [-0.05, 0) is 6.92 Å². The van der Waals surface area contributed by atoms with Crippen LogP contribution in [-0.4, -0.2) is 38.4 Å². The van der Waals surface area contributed by atoms with Crippen LogP contribution in [-0.2, 0) is 25.4 Å². The maximum Gasteiger partial charge on any atom is 0.280 e. The smallest absolute Gasteiger partial charge is 0.280 e. The molecule has 0 bridgehead atoms. The lowest BCUT2D eigenvalue weighted by molar-refractivity contribution is 0.593. The second-order valence-corrected chi connectivity index (χ2v) is 8.16. The van der Waals surface area contributed by atoms with Crippen LogP contribution >= 0.6 is 10.7 Å². The summed E-state index contributed by atoms with van der Waals surface area (Å²) in [5, 5.41) is -0.264. The molecule has 9 heteroatoms. The van der Waals surface area contributed by atoms with Crippen molar-refractivity contribution in [2.75, 3.05) is 12.0 Å². The number of hydrogen-bond acceptors (Lipinski definition) is 5. The van der Waals surface area contributed by atoms with E-state index in [2.05, 4.69) is 4.98 Å². The van der Waals surface area contributed by atoms with E-state index in [1.165, 1.54) is 10.8 Å². The summed E-state index contributed by atoms with van der Waals surface area (Å²) < 4.78 is 45.3. The van der Waals surface area contributed by atoms with Gasteiger partial charge >= 0.3 is 0 Å². The Morgan fingerprint density at radius 3 is 2.31 bits per heavy atom. The van der Waals surface area contributed by atoms with Crippen LogP contribution in [0, 0.1) is 6.92 Å². The average Bonchev–Trinajstić information content (AvgIpc) is 2.41. The van der Waals surface area contributed by atoms with Crippen LogP contribution in [0.1, 0.15) is 5.82 Å². The van der Waals surface area contributed by atoms with Crippen LogP contribution in [0.15, 0.2) is 11.2 Å². The molecule has 16 heavy (non-hydrogen) atoms. The Morgan fingerprint density at radius 2 is 1.94 bits per heavy atom. The first-order valence-electron chi connectivity index (χ1n) is 4.26. The molecule has 0 amide bonds. The standard InChI is InChI=1S/C7H11ClN2O4S2/c1-6-9-7(16(8,13)14)5-10(6)3-4-15(2,11)12/h5H,3-4H2,1-2H3. The van der Waals surface area contributed by atoms with Gasteiger partial charge in [-0.2, -0.15) is 0 Å². The first-order valence-corrected chi connectivity index (χ1v) is 8.63. The zero-order valence-corrected chi connectivity index (χ0v) is 11.1. The fourth-order valence-corrected chi connectivity index (χ4v) is 2.33. The fraction of sp³-hybridized carbons (Fsp3) is 0.571. The predicted octanol–water partition coefficient (Wildman–Crippen LogP) is 0.164. The van der Waals surface area contributed by atoms with Gasteiger partial charge in [0.1, 0.15) is 15.7 Å². The predicted molar refractivity (Wildman–Crippen MR) is 59.7 cm³/mol. The highest BCUT2D eigenvalue weighted by molar-refractivity contribution is 8.13. The first-order chi connectivity index (χ1) is 7.09. The van der Waals surface area contributed by atoms with Crippen molar-refractivity contribution in [3.05, 3.63) is 12.0 Å². The number of nitrogens with zero attached hydrogens (tertiary/aromatic N) is 2. The number of imidazole rings is 1. The number of aryl methyl sites for hydroxylation is 2. The van der Waals surface area contributed by atoms with Gasteiger partial charge in [-0.1, -0.05) is 0 Å². The van der Waals surface area contributed by atoms with Crippen molar-refractivity contribution in [2.45, 2.75) is 18.5 Å². The Labute approximate surface area is 98.6 Å². The first kappa shape index (κ1) is 13.5. The third-order valence-electron chi connectivity index (χ3n) is 1.91. The minimum Gasteiger partial charge on any atom is -0.333 e. The van der Waals surface area contributed by atoms with Gasteiger partial charge in [-0.3, -0.25) is 0 Å². The minimum atomic E-state index is -3.87. The molecule has 0 aliphatic rings. The second-order valence-electron chi connectivity index (χ2n) is 3.39. The molecule has 0 saturated heterocycles. The molecule has 0 atom stereocenters. The van der Waals surface area contributed by atoms with Gasteiger partial charge in [-0.25, -0.2) is 21.8 Å². The summed E-state index contributed by atoms with van der Waals surface area (Å²) in [6.07, 6.45) is 2.33. The van der Waals surface area contributed by atoms with E-state index in [4.69, 9.17) is 10.7 Å². The van der Waals surface area contributed by atoms with Gasteiger partial charge in [0, 0.05) is 29.7 Å². The lowest BCUT2D eigenvalue weighted by atomic mass is 10.6. The van der Waals surface area contributed by atoms with Crippen molar-refractivity contribution in [1.29, 1.82) is 0 Å². The summed E-state index contributed by atoms with van der Waals surface area (Å²) in [6.45, 7) is 1.73. The Hall–Kier alpha value is -0.600. The van der Waals surface area contributed by atoms with E-state index in [0.29, 0.717) is 5.82 Å². The van der Waals surface area contributed by atoms with Crippen molar-refractivity contribution in [3.8, 4) is 0 Å². The summed E-state index contributed by atoms with van der Waals surface area (Å²) in [4.78, 5) is 3.73. The van der Waals surface area contributed by atoms with Crippen molar-refractivity contribution in [3.63, 3.8) is 0 Å². The molecule has 92 valence electrons. The van der Waals surface area contributed by atoms with Gasteiger partial charge in [0.15, 0.2) is 5.03 Å². The molecule has 0 unspecified atom stereocenters. The maximum atomic E-state index is 11.0. The largest absolute Gasteiger partial charge is 0.333 e. The van der Waals surface area contributed by atoms with Gasteiger partial charge in [0.05, 0.1) is 5.75 Å². The molecule has 6 nitrogen and oxygen atoms in total. The fourth-order valence-electron chi connectivity index (χ4n) is 1.09. The zero-order chi connectivity index (χ0) is 12.6. The molecule has 0 aliphatic carbocycles. The Kier molecular flexibility index (Phi) is 3.65. The average molecular weight is 287 g/mol. The SMILES string of the molecule is Cc1nc(S(=O)(=O)Cl)cn1CCS(C)(=O)=O. The Morgan fingerprint density at radius 1 is 1.38 bits per heavy atom. The van der Waals surface area contributed by atoms with E-state index in [9.17, 15) is 16.8 Å². The maximum absolute atomic E-state index is 11.0. The highest BCUT2D eigenvalue weighted by atomic mass is 35.7. The third kappa shape index (κ3) is 3.76. The van der Waals surface area contributed by atoms with E-state index in [1.54, 1.807) is 6.92 Å². The molecule has 1 rings (SSSR count). The molecule has 1 aromatic rings. The molecule has 0 N–H and O–H groups in total. The van der Waals surface area contributed by atoms with Gasteiger partial charge in [-0.15, -0.1) is 0 Å². The van der Waals surface area contributed by atoms with Gasteiger partial charge in [0.25, 0.3) is 9.05 Å². The monoisotopic (exact) mass is 286 g/mol. The normalized spacial score (nSPS) is 12.9. The molecule has 1 aromatic heterocycles. The van der Waals surface area contributed by atoms with E-state index in [1.807, 2.05) is 0 Å². The van der Waals surface area contributed by atoms with Gasteiger partial charge < -0.3 is 4.57 Å². The van der Waals surface area contributed by atoms with E-state index in [-0.39, 0.29) is 17.3 Å². The van der Waals surface area contributed by atoms with Crippen LogP contribution in [0.25, 0.3) is 0 Å². The lowest BCUT2D eigenvalue weighted by Crippen LogP contribution is -2.11. The minimum absolute atomic E-state index is 0.0774. The van der Waals surface area contributed by atoms with Crippen molar-refractivity contribution in [2.24, 2.45) is 0 Å². The number of sulfone groups is 1. The van der Waals surface area contributed by atoms with Crippen LogP contribution < -0.4 is 0 Å². The Bertz CT molecular complexity index is 588. The topological polar surface area (TPSA) is 86.1 Å². The van der Waals surface area contributed by atoms with E-state index in [0.717, 1.165) is 6.26 Å². The second kappa shape index (κ2) is 4.34. The molecular weight excluding hydrogens is 276 g/mol. The summed E-state index contributed by atoms with van der Waals surface area (Å²) in [7, 11) is -1.85. The number of rotatable bonds is 4. The lowest BCUT2D eigenvalue weighted by Gasteiger charge is -2.02. The highest BCUT2D eigenvalue weighted by Crippen LogP contribution is 2.13. The van der Waals surface area contributed by atoms with Crippen molar-refractivity contribution >= 4 is 29.6 Å². The molecule has 1 heterocycles. The Balaban J connectivity index is 2.96.